The first-order chi connectivity index (χ1) is 14.9. The van der Waals surface area contributed by atoms with Gasteiger partial charge in [-0.1, -0.05) is 41.9 Å². The van der Waals surface area contributed by atoms with E-state index in [4.69, 9.17) is 16.3 Å². The molecule has 0 unspecified atom stereocenters. The van der Waals surface area contributed by atoms with Gasteiger partial charge in [0.15, 0.2) is 0 Å². The minimum Gasteiger partial charge on any atom is -0.492 e. The summed E-state index contributed by atoms with van der Waals surface area (Å²) in [6, 6.07) is 17.0. The molecule has 0 saturated carbocycles. The number of carbonyl (C=O) groups excluding carboxylic acids is 1. The molecule has 1 aliphatic heterocycles. The monoisotopic (exact) mass is 464 g/mol. The lowest BCUT2D eigenvalue weighted by Gasteiger charge is -2.30. The van der Waals surface area contributed by atoms with Crippen molar-refractivity contribution in [3.05, 3.63) is 65.2 Å². The molecule has 0 spiro atoms. The largest absolute Gasteiger partial charge is 0.492 e. The van der Waals surface area contributed by atoms with Crippen molar-refractivity contribution < 1.29 is 17.9 Å². The van der Waals surface area contributed by atoms with Crippen molar-refractivity contribution in [2.45, 2.75) is 25.7 Å². The molecule has 1 N–H and O–H groups in total. The number of hydrogen-bond donors (Lipinski definition) is 1. The average Bonchev–Trinajstić information content (AvgIpc) is 2.78. The zero-order valence-electron chi connectivity index (χ0n) is 17.5. The Balaban J connectivity index is 1.34. The molecule has 1 amide bonds. The van der Waals surface area contributed by atoms with E-state index in [9.17, 15) is 13.2 Å². The van der Waals surface area contributed by atoms with Crippen LogP contribution >= 0.6 is 11.6 Å². The summed E-state index contributed by atoms with van der Waals surface area (Å²) < 4.78 is 32.3. The van der Waals surface area contributed by atoms with Crippen LogP contribution in [-0.4, -0.2) is 50.6 Å². The molecule has 31 heavy (non-hydrogen) atoms. The first kappa shape index (κ1) is 23.6. The average molecular weight is 465 g/mol. The van der Waals surface area contributed by atoms with Crippen molar-refractivity contribution in [1.29, 1.82) is 0 Å². The molecule has 1 heterocycles. The van der Waals surface area contributed by atoms with Gasteiger partial charge in [0.2, 0.25) is 15.9 Å². The molecular weight excluding hydrogens is 436 g/mol. The number of piperidine rings is 1. The Morgan fingerprint density at radius 1 is 1.06 bits per heavy atom. The third-order valence-electron chi connectivity index (χ3n) is 5.41. The Kier molecular flexibility index (Phi) is 8.75. The van der Waals surface area contributed by atoms with E-state index in [1.54, 1.807) is 24.3 Å². The van der Waals surface area contributed by atoms with E-state index >= 15 is 0 Å². The van der Waals surface area contributed by atoms with Gasteiger partial charge in [0.1, 0.15) is 12.4 Å². The SMILES string of the molecule is O=C(NCCOc1ccc(Cl)cc1)C1CCN(S(=O)(=O)CCCc2ccccc2)CC1. The van der Waals surface area contributed by atoms with Gasteiger partial charge in [0.25, 0.3) is 0 Å². The molecule has 2 aromatic carbocycles. The van der Waals surface area contributed by atoms with E-state index < -0.39 is 10.0 Å². The minimum absolute atomic E-state index is 0.0409. The van der Waals surface area contributed by atoms with Gasteiger partial charge in [-0.2, -0.15) is 0 Å². The van der Waals surface area contributed by atoms with Crippen LogP contribution in [0.5, 0.6) is 5.75 Å². The highest BCUT2D eigenvalue weighted by Crippen LogP contribution is 2.21. The van der Waals surface area contributed by atoms with Crippen LogP contribution in [0.4, 0.5) is 0 Å². The Morgan fingerprint density at radius 2 is 1.74 bits per heavy atom. The molecule has 6 nitrogen and oxygen atoms in total. The summed E-state index contributed by atoms with van der Waals surface area (Å²) >= 11 is 5.84. The maximum atomic E-state index is 12.6. The van der Waals surface area contributed by atoms with E-state index in [1.165, 1.54) is 4.31 Å². The summed E-state index contributed by atoms with van der Waals surface area (Å²) in [6.45, 7) is 1.56. The Labute approximate surface area is 189 Å². The first-order valence-corrected chi connectivity index (χ1v) is 12.6. The third-order valence-corrected chi connectivity index (χ3v) is 7.62. The standard InChI is InChI=1S/C23H29ClN2O4S/c24-21-8-10-22(11-9-21)30-17-14-25-23(27)20-12-15-26(16-13-20)31(28,29)18-4-7-19-5-2-1-3-6-19/h1-3,5-6,8-11,20H,4,7,12-18H2,(H,25,27). The summed E-state index contributed by atoms with van der Waals surface area (Å²) in [5, 5.41) is 3.53. The first-order valence-electron chi connectivity index (χ1n) is 10.6. The summed E-state index contributed by atoms with van der Waals surface area (Å²) in [5.74, 6) is 0.636. The van der Waals surface area contributed by atoms with Crippen LogP contribution in [0.3, 0.4) is 0 Å². The van der Waals surface area contributed by atoms with Crippen LogP contribution < -0.4 is 10.1 Å². The predicted molar refractivity (Wildman–Crippen MR) is 123 cm³/mol. The molecule has 0 radical (unpaired) electrons. The van der Waals surface area contributed by atoms with E-state index in [-0.39, 0.29) is 17.6 Å². The van der Waals surface area contributed by atoms with Gasteiger partial charge in [0, 0.05) is 24.0 Å². The second-order valence-electron chi connectivity index (χ2n) is 7.67. The van der Waals surface area contributed by atoms with Crippen molar-refractivity contribution in [2.24, 2.45) is 5.92 Å². The third kappa shape index (κ3) is 7.52. The second-order valence-corrected chi connectivity index (χ2v) is 10.2. The Bertz CT molecular complexity index is 928. The molecule has 1 saturated heterocycles. The lowest BCUT2D eigenvalue weighted by molar-refractivity contribution is -0.126. The van der Waals surface area contributed by atoms with Crippen molar-refractivity contribution in [2.75, 3.05) is 32.0 Å². The zero-order chi connectivity index (χ0) is 22.1. The number of nitrogens with one attached hydrogen (secondary N) is 1. The molecule has 3 rings (SSSR count). The number of nitrogens with zero attached hydrogens (tertiary/aromatic N) is 1. The van der Waals surface area contributed by atoms with Gasteiger partial charge in [-0.05, 0) is 55.5 Å². The van der Waals surface area contributed by atoms with Crippen molar-refractivity contribution in [3.63, 3.8) is 0 Å². The van der Waals surface area contributed by atoms with Crippen LogP contribution in [0, 0.1) is 5.92 Å². The van der Waals surface area contributed by atoms with E-state index in [0.29, 0.717) is 56.3 Å². The minimum atomic E-state index is -3.29. The maximum Gasteiger partial charge on any atom is 0.223 e. The smallest absolute Gasteiger partial charge is 0.223 e. The molecule has 0 bridgehead atoms. The van der Waals surface area contributed by atoms with E-state index in [1.807, 2.05) is 30.3 Å². The van der Waals surface area contributed by atoms with E-state index in [0.717, 1.165) is 12.0 Å². The normalized spacial score (nSPS) is 15.5. The van der Waals surface area contributed by atoms with Crippen LogP contribution in [0.1, 0.15) is 24.8 Å². The van der Waals surface area contributed by atoms with Gasteiger partial charge in [0.05, 0.1) is 12.3 Å². The number of carbonyl (C=O) groups is 1. The number of benzene rings is 2. The summed E-state index contributed by atoms with van der Waals surface area (Å²) in [7, 11) is -3.29. The number of halogens is 1. The highest BCUT2D eigenvalue weighted by Gasteiger charge is 2.30. The maximum absolute atomic E-state index is 12.6. The number of sulfonamides is 1. The lowest BCUT2D eigenvalue weighted by atomic mass is 9.97. The van der Waals surface area contributed by atoms with Crippen LogP contribution in [0.25, 0.3) is 0 Å². The van der Waals surface area contributed by atoms with Crippen molar-refractivity contribution in [1.82, 2.24) is 9.62 Å². The molecule has 0 atom stereocenters. The molecule has 0 aromatic heterocycles. The molecule has 8 heteroatoms. The molecule has 1 aliphatic rings. The zero-order valence-corrected chi connectivity index (χ0v) is 19.1. The van der Waals surface area contributed by atoms with Crippen molar-refractivity contribution in [3.8, 4) is 5.75 Å². The number of rotatable bonds is 10. The molecule has 1 fully saturated rings. The summed E-state index contributed by atoms with van der Waals surface area (Å²) in [4.78, 5) is 12.4. The van der Waals surface area contributed by atoms with Gasteiger partial charge in [-0.15, -0.1) is 0 Å². The van der Waals surface area contributed by atoms with Gasteiger partial charge in [-0.25, -0.2) is 12.7 Å². The van der Waals surface area contributed by atoms with Gasteiger partial charge >= 0.3 is 0 Å². The molecular formula is C23H29ClN2O4S. The van der Waals surface area contributed by atoms with E-state index in [2.05, 4.69) is 5.32 Å². The van der Waals surface area contributed by atoms with Gasteiger partial charge in [-0.3, -0.25) is 4.79 Å². The highest BCUT2D eigenvalue weighted by molar-refractivity contribution is 7.89. The van der Waals surface area contributed by atoms with Crippen LogP contribution in [0.15, 0.2) is 54.6 Å². The van der Waals surface area contributed by atoms with Crippen LogP contribution in [-0.2, 0) is 21.2 Å². The lowest BCUT2D eigenvalue weighted by Crippen LogP contribution is -2.44. The topological polar surface area (TPSA) is 75.7 Å². The number of amides is 1. The fourth-order valence-electron chi connectivity index (χ4n) is 3.65. The quantitative estimate of drug-likeness (QED) is 0.546. The molecule has 0 aliphatic carbocycles. The summed E-state index contributed by atoms with van der Waals surface area (Å²) in [6.07, 6.45) is 2.43. The predicted octanol–water partition coefficient (Wildman–Crippen LogP) is 3.51. The van der Waals surface area contributed by atoms with Gasteiger partial charge < -0.3 is 10.1 Å². The Morgan fingerprint density at radius 3 is 2.42 bits per heavy atom. The number of hydrogen-bond acceptors (Lipinski definition) is 4. The Hall–Kier alpha value is -2.09. The number of ether oxygens (including phenoxy) is 1. The molecule has 2 aromatic rings. The fraction of sp³-hybridized carbons (Fsp3) is 0.435. The molecule has 168 valence electrons. The fourth-order valence-corrected chi connectivity index (χ4v) is 5.31. The van der Waals surface area contributed by atoms with Crippen molar-refractivity contribution >= 4 is 27.5 Å². The highest BCUT2D eigenvalue weighted by atomic mass is 35.5. The second kappa shape index (κ2) is 11.5. The van der Waals surface area contributed by atoms with Crippen LogP contribution in [0.2, 0.25) is 5.02 Å². The summed E-state index contributed by atoms with van der Waals surface area (Å²) in [5.41, 5.74) is 1.15. The number of aryl methyl sites for hydroxylation is 1.